The summed E-state index contributed by atoms with van der Waals surface area (Å²) < 4.78 is 55.6. The van der Waals surface area contributed by atoms with E-state index in [1.807, 2.05) is 27.7 Å². The second-order valence-corrected chi connectivity index (χ2v) is 4.82. The zero-order valence-electron chi connectivity index (χ0n) is 13.8. The first kappa shape index (κ1) is 7.46. The van der Waals surface area contributed by atoms with Crippen LogP contribution in [0.15, 0.2) is 24.2 Å². The number of hydrogen-bond acceptors (Lipinski definition) is 2. The van der Waals surface area contributed by atoms with Crippen molar-refractivity contribution in [2.75, 3.05) is 0 Å². The molecule has 2 nitrogen and oxygen atoms in total. The molecule has 1 saturated heterocycles. The molecule has 0 radical (unpaired) electrons. The second kappa shape index (κ2) is 3.57. The molecule has 1 fully saturated rings. The Kier molecular flexibility index (Phi) is 1.66. The SMILES string of the molecule is [2H]c1c([2H])c(B2OC(C)(C)C(C)(C)O2)c([2H])c([2H])c1F. The quantitative estimate of drug-likeness (QED) is 0.683. The fourth-order valence-electron chi connectivity index (χ4n) is 1.39. The highest BCUT2D eigenvalue weighted by Gasteiger charge is 2.51. The van der Waals surface area contributed by atoms with E-state index in [1.165, 1.54) is 0 Å². The van der Waals surface area contributed by atoms with Crippen LogP contribution in [0.3, 0.4) is 0 Å². The van der Waals surface area contributed by atoms with Crippen LogP contribution < -0.4 is 5.46 Å². The van der Waals surface area contributed by atoms with Crippen LogP contribution in [-0.4, -0.2) is 18.3 Å². The smallest absolute Gasteiger partial charge is 0.399 e. The summed E-state index contributed by atoms with van der Waals surface area (Å²) in [5.74, 6) is -1.17. The fraction of sp³-hybridized carbons (Fsp3) is 0.500. The van der Waals surface area contributed by atoms with Gasteiger partial charge in [0.05, 0.1) is 16.7 Å². The Morgan fingerprint density at radius 1 is 1.06 bits per heavy atom. The third-order valence-corrected chi connectivity index (χ3v) is 3.10. The zero-order chi connectivity index (χ0) is 15.5. The Hall–Kier alpha value is -0.865. The van der Waals surface area contributed by atoms with Crippen LogP contribution in [0.2, 0.25) is 0 Å². The molecule has 1 aromatic carbocycles. The minimum atomic E-state index is -1.17. The number of halogens is 1. The van der Waals surface area contributed by atoms with Crippen molar-refractivity contribution in [1.82, 2.24) is 0 Å². The molecule has 0 N–H and O–H groups in total. The monoisotopic (exact) mass is 226 g/mol. The van der Waals surface area contributed by atoms with Gasteiger partial charge in [-0.25, -0.2) is 4.39 Å². The van der Waals surface area contributed by atoms with Crippen molar-refractivity contribution in [2.45, 2.75) is 38.9 Å². The van der Waals surface area contributed by atoms with Crippen molar-refractivity contribution < 1.29 is 19.2 Å². The molecule has 0 saturated carbocycles. The topological polar surface area (TPSA) is 18.5 Å². The van der Waals surface area contributed by atoms with Crippen LogP contribution in [0.5, 0.6) is 0 Å². The Labute approximate surface area is 102 Å². The van der Waals surface area contributed by atoms with Gasteiger partial charge in [0.2, 0.25) is 0 Å². The highest BCUT2D eigenvalue weighted by atomic mass is 19.1. The Morgan fingerprint density at radius 2 is 1.50 bits per heavy atom. The molecule has 0 bridgehead atoms. The van der Waals surface area contributed by atoms with Crippen molar-refractivity contribution in [3.8, 4) is 0 Å². The molecule has 4 heteroatoms. The van der Waals surface area contributed by atoms with Gasteiger partial charge in [-0.05, 0) is 45.2 Å². The first-order valence-corrected chi connectivity index (χ1v) is 5.11. The summed E-state index contributed by atoms with van der Waals surface area (Å²) in [6.07, 6.45) is 0. The van der Waals surface area contributed by atoms with Gasteiger partial charge in [0.1, 0.15) is 5.82 Å². The van der Waals surface area contributed by atoms with Crippen LogP contribution >= 0.6 is 0 Å². The standard InChI is InChI=1S/C12H16BFO2/c1-11(2)12(3,4)16-13(15-11)9-5-7-10(14)8-6-9/h5-8H,1-4H3/i5D,6D,7D,8D. The normalized spacial score (nSPS) is 25.9. The minimum absolute atomic E-state index is 0.0694. The van der Waals surface area contributed by atoms with Gasteiger partial charge in [-0.1, -0.05) is 12.1 Å². The third-order valence-electron chi connectivity index (χ3n) is 3.10. The van der Waals surface area contributed by atoms with Crippen molar-refractivity contribution >= 4 is 12.6 Å². The summed E-state index contributed by atoms with van der Waals surface area (Å²) in [6, 6.07) is -2.37. The molecule has 0 aromatic heterocycles. The minimum Gasteiger partial charge on any atom is -0.399 e. The lowest BCUT2D eigenvalue weighted by Gasteiger charge is -2.32. The van der Waals surface area contributed by atoms with E-state index in [4.69, 9.17) is 14.8 Å². The van der Waals surface area contributed by atoms with Crippen LogP contribution in [0.4, 0.5) is 4.39 Å². The van der Waals surface area contributed by atoms with Crippen molar-refractivity contribution in [1.29, 1.82) is 0 Å². The Bertz CT molecular complexity index is 532. The molecule has 1 heterocycles. The molecule has 0 atom stereocenters. The fourth-order valence-corrected chi connectivity index (χ4v) is 1.39. The van der Waals surface area contributed by atoms with Crippen LogP contribution in [0, 0.1) is 5.82 Å². The van der Waals surface area contributed by atoms with Gasteiger partial charge in [0.25, 0.3) is 0 Å². The predicted octanol–water partition coefficient (Wildman–Crippen LogP) is 2.12. The van der Waals surface area contributed by atoms with Gasteiger partial charge < -0.3 is 9.31 Å². The Morgan fingerprint density at radius 3 is 1.94 bits per heavy atom. The molecule has 0 unspecified atom stereocenters. The van der Waals surface area contributed by atoms with Crippen molar-refractivity contribution in [3.63, 3.8) is 0 Å². The van der Waals surface area contributed by atoms with Crippen LogP contribution in [0.1, 0.15) is 33.2 Å². The van der Waals surface area contributed by atoms with E-state index >= 15 is 0 Å². The predicted molar refractivity (Wildman–Crippen MR) is 62.1 cm³/mol. The molecule has 0 aliphatic carbocycles. The lowest BCUT2D eigenvalue weighted by atomic mass is 9.79. The summed E-state index contributed by atoms with van der Waals surface area (Å²) in [7, 11) is -1.05. The zero-order valence-corrected chi connectivity index (χ0v) is 9.77. The molecular weight excluding hydrogens is 206 g/mol. The lowest BCUT2D eigenvalue weighted by molar-refractivity contribution is 0.00578. The molecule has 0 spiro atoms. The average molecular weight is 226 g/mol. The van der Waals surface area contributed by atoms with E-state index in [0.717, 1.165) is 0 Å². The maximum absolute atomic E-state index is 13.5. The van der Waals surface area contributed by atoms with Gasteiger partial charge in [0, 0.05) is 0 Å². The number of hydrogen-bond donors (Lipinski definition) is 0. The highest BCUT2D eigenvalue weighted by Crippen LogP contribution is 2.36. The first-order chi connectivity index (χ1) is 8.99. The molecule has 1 aromatic rings. The summed E-state index contributed by atoms with van der Waals surface area (Å²) in [5.41, 5.74) is -1.41. The van der Waals surface area contributed by atoms with Gasteiger partial charge in [-0.2, -0.15) is 0 Å². The van der Waals surface area contributed by atoms with Gasteiger partial charge in [0.15, 0.2) is 0 Å². The van der Waals surface area contributed by atoms with Gasteiger partial charge in [-0.3, -0.25) is 0 Å². The molecule has 1 aliphatic heterocycles. The molecular formula is C12H16BFO2. The van der Waals surface area contributed by atoms with E-state index in [-0.39, 0.29) is 5.46 Å². The second-order valence-electron chi connectivity index (χ2n) is 4.82. The van der Waals surface area contributed by atoms with Gasteiger partial charge in [-0.15, -0.1) is 0 Å². The summed E-state index contributed by atoms with van der Waals surface area (Å²) in [4.78, 5) is 0. The third kappa shape index (κ3) is 1.87. The van der Waals surface area contributed by atoms with E-state index in [0.29, 0.717) is 0 Å². The highest BCUT2D eigenvalue weighted by molar-refractivity contribution is 6.62. The molecule has 0 amide bonds. The van der Waals surface area contributed by atoms with E-state index in [2.05, 4.69) is 0 Å². The first-order valence-electron chi connectivity index (χ1n) is 7.11. The lowest BCUT2D eigenvalue weighted by Crippen LogP contribution is -2.41. The maximum Gasteiger partial charge on any atom is 0.494 e. The van der Waals surface area contributed by atoms with Crippen LogP contribution in [0.25, 0.3) is 0 Å². The Balaban J connectivity index is 2.57. The van der Waals surface area contributed by atoms with E-state index < -0.39 is 48.3 Å². The average Bonchev–Trinajstić information content (AvgIpc) is 2.53. The number of rotatable bonds is 1. The van der Waals surface area contributed by atoms with E-state index in [9.17, 15) is 4.39 Å². The number of benzene rings is 1. The molecule has 86 valence electrons. The van der Waals surface area contributed by atoms with Crippen molar-refractivity contribution in [3.05, 3.63) is 30.0 Å². The molecule has 1 aliphatic rings. The van der Waals surface area contributed by atoms with Gasteiger partial charge >= 0.3 is 7.12 Å². The molecule has 16 heavy (non-hydrogen) atoms. The molecule has 2 rings (SSSR count). The largest absolute Gasteiger partial charge is 0.494 e. The van der Waals surface area contributed by atoms with Crippen molar-refractivity contribution in [2.24, 2.45) is 0 Å². The van der Waals surface area contributed by atoms with E-state index in [1.54, 1.807) is 0 Å². The summed E-state index contributed by atoms with van der Waals surface area (Å²) >= 11 is 0. The summed E-state index contributed by atoms with van der Waals surface area (Å²) in [5, 5.41) is 0. The van der Waals surface area contributed by atoms with Crippen LogP contribution in [-0.2, 0) is 9.31 Å². The summed E-state index contributed by atoms with van der Waals surface area (Å²) in [6.45, 7) is 7.25. The maximum atomic E-state index is 13.5.